The fourth-order valence-electron chi connectivity index (χ4n) is 1.67. The zero-order valence-corrected chi connectivity index (χ0v) is 10.2. The lowest BCUT2D eigenvalue weighted by molar-refractivity contribution is 0.168. The number of amides is 1. The Hall–Kier alpha value is -1.51. The summed E-state index contributed by atoms with van der Waals surface area (Å²) in [5.41, 5.74) is 3.20. The van der Waals surface area contributed by atoms with Gasteiger partial charge in [0.1, 0.15) is 0 Å². The van der Waals surface area contributed by atoms with E-state index < -0.39 is 0 Å². The van der Waals surface area contributed by atoms with Crippen molar-refractivity contribution in [3.8, 4) is 0 Å². The predicted molar refractivity (Wildman–Crippen MR) is 65.8 cm³/mol. The molecule has 0 radical (unpaired) electrons. The molecule has 0 atom stereocenters. The number of para-hydroxylation sites is 1. The van der Waals surface area contributed by atoms with Gasteiger partial charge in [-0.3, -0.25) is 5.32 Å². The molecule has 0 aromatic heterocycles. The molecule has 0 fully saturated rings. The second-order valence-corrected chi connectivity index (χ2v) is 3.50. The summed E-state index contributed by atoms with van der Waals surface area (Å²) in [4.78, 5) is 11.4. The third-order valence-electron chi connectivity index (χ3n) is 2.50. The van der Waals surface area contributed by atoms with Crippen molar-refractivity contribution in [1.82, 2.24) is 0 Å². The van der Waals surface area contributed by atoms with Gasteiger partial charge in [0.05, 0.1) is 12.3 Å². The van der Waals surface area contributed by atoms with Crippen LogP contribution in [0.25, 0.3) is 0 Å². The monoisotopic (exact) mass is 221 g/mol. The largest absolute Gasteiger partial charge is 0.450 e. The molecule has 0 aliphatic rings. The molecule has 0 unspecified atom stereocenters. The molecule has 16 heavy (non-hydrogen) atoms. The Labute approximate surface area is 96.8 Å². The molecular weight excluding hydrogens is 202 g/mol. The molecule has 0 heterocycles. The van der Waals surface area contributed by atoms with E-state index in [1.807, 2.05) is 18.2 Å². The quantitative estimate of drug-likeness (QED) is 0.846. The lowest BCUT2D eigenvalue weighted by Crippen LogP contribution is -2.15. The standard InChI is InChI=1S/C13H19NO2/c1-4-10-8-7-9-11(5-2)12(10)14-13(15)16-6-3/h7-9H,4-6H2,1-3H3,(H,14,15). The first-order valence-corrected chi connectivity index (χ1v) is 5.77. The van der Waals surface area contributed by atoms with Crippen molar-refractivity contribution in [1.29, 1.82) is 0 Å². The van der Waals surface area contributed by atoms with E-state index in [4.69, 9.17) is 4.74 Å². The summed E-state index contributed by atoms with van der Waals surface area (Å²) in [7, 11) is 0. The first kappa shape index (κ1) is 12.6. The van der Waals surface area contributed by atoms with Crippen molar-refractivity contribution >= 4 is 11.8 Å². The molecule has 0 saturated carbocycles. The maximum atomic E-state index is 11.4. The van der Waals surface area contributed by atoms with Crippen LogP contribution in [0.15, 0.2) is 18.2 Å². The molecule has 1 amide bonds. The Balaban J connectivity index is 2.95. The lowest BCUT2D eigenvalue weighted by Gasteiger charge is -2.13. The Kier molecular flexibility index (Phi) is 4.83. The summed E-state index contributed by atoms with van der Waals surface area (Å²) in [6.45, 7) is 6.34. The van der Waals surface area contributed by atoms with Crippen LogP contribution in [0.5, 0.6) is 0 Å². The van der Waals surface area contributed by atoms with E-state index in [2.05, 4.69) is 19.2 Å². The number of aryl methyl sites for hydroxylation is 2. The SMILES string of the molecule is CCOC(=O)Nc1c(CC)cccc1CC. The van der Waals surface area contributed by atoms with Crippen molar-refractivity contribution in [2.75, 3.05) is 11.9 Å². The molecule has 1 aromatic carbocycles. The highest BCUT2D eigenvalue weighted by Gasteiger charge is 2.09. The number of nitrogens with one attached hydrogen (secondary N) is 1. The van der Waals surface area contributed by atoms with E-state index in [1.165, 1.54) is 0 Å². The van der Waals surface area contributed by atoms with Gasteiger partial charge >= 0.3 is 6.09 Å². The summed E-state index contributed by atoms with van der Waals surface area (Å²) in [5, 5.41) is 2.82. The molecule has 0 saturated heterocycles. The van der Waals surface area contributed by atoms with Gasteiger partial charge in [0.15, 0.2) is 0 Å². The average molecular weight is 221 g/mol. The van der Waals surface area contributed by atoms with Gasteiger partial charge in [0.25, 0.3) is 0 Å². The van der Waals surface area contributed by atoms with Gasteiger partial charge in [-0.1, -0.05) is 32.0 Å². The van der Waals surface area contributed by atoms with Gasteiger partial charge in [-0.05, 0) is 30.9 Å². The first-order chi connectivity index (χ1) is 7.72. The van der Waals surface area contributed by atoms with Gasteiger partial charge in [-0.25, -0.2) is 4.79 Å². The number of benzene rings is 1. The molecule has 1 N–H and O–H groups in total. The van der Waals surface area contributed by atoms with Crippen LogP contribution in [-0.2, 0) is 17.6 Å². The molecule has 0 spiro atoms. The van der Waals surface area contributed by atoms with Crippen molar-refractivity contribution < 1.29 is 9.53 Å². The highest BCUT2D eigenvalue weighted by molar-refractivity contribution is 5.86. The van der Waals surface area contributed by atoms with Gasteiger partial charge in [-0.2, -0.15) is 0 Å². The van der Waals surface area contributed by atoms with E-state index in [0.717, 1.165) is 29.7 Å². The molecule has 0 bridgehead atoms. The molecule has 1 aromatic rings. The molecule has 3 nitrogen and oxygen atoms in total. The molecule has 88 valence electrons. The minimum atomic E-state index is -0.377. The van der Waals surface area contributed by atoms with Crippen LogP contribution >= 0.6 is 0 Å². The minimum Gasteiger partial charge on any atom is -0.450 e. The second-order valence-electron chi connectivity index (χ2n) is 3.50. The number of ether oxygens (including phenoxy) is 1. The number of carbonyl (C=O) groups excluding carboxylic acids is 1. The smallest absolute Gasteiger partial charge is 0.411 e. The van der Waals surface area contributed by atoms with E-state index >= 15 is 0 Å². The number of hydrogen-bond acceptors (Lipinski definition) is 2. The Morgan fingerprint density at radius 3 is 2.19 bits per heavy atom. The third kappa shape index (κ3) is 2.99. The van der Waals surface area contributed by atoms with Crippen LogP contribution in [0.2, 0.25) is 0 Å². The Morgan fingerprint density at radius 2 is 1.75 bits per heavy atom. The van der Waals surface area contributed by atoms with E-state index in [1.54, 1.807) is 6.92 Å². The third-order valence-corrected chi connectivity index (χ3v) is 2.50. The van der Waals surface area contributed by atoms with E-state index in [-0.39, 0.29) is 6.09 Å². The van der Waals surface area contributed by atoms with Crippen LogP contribution in [0.4, 0.5) is 10.5 Å². The van der Waals surface area contributed by atoms with Gasteiger partial charge in [0, 0.05) is 0 Å². The molecule has 1 rings (SSSR count). The highest BCUT2D eigenvalue weighted by atomic mass is 16.5. The molecule has 3 heteroatoms. The molecule has 0 aliphatic carbocycles. The topological polar surface area (TPSA) is 38.3 Å². The van der Waals surface area contributed by atoms with Crippen molar-refractivity contribution in [2.24, 2.45) is 0 Å². The maximum absolute atomic E-state index is 11.4. The predicted octanol–water partition coefficient (Wildman–Crippen LogP) is 3.38. The number of rotatable bonds is 4. The molecular formula is C13H19NO2. The zero-order valence-electron chi connectivity index (χ0n) is 10.2. The zero-order chi connectivity index (χ0) is 12.0. The van der Waals surface area contributed by atoms with Gasteiger partial charge in [0.2, 0.25) is 0 Å². The van der Waals surface area contributed by atoms with Gasteiger partial charge < -0.3 is 4.74 Å². The molecule has 0 aliphatic heterocycles. The van der Waals surface area contributed by atoms with Crippen LogP contribution in [-0.4, -0.2) is 12.7 Å². The fourth-order valence-corrected chi connectivity index (χ4v) is 1.67. The second kappa shape index (κ2) is 6.16. The Morgan fingerprint density at radius 1 is 1.19 bits per heavy atom. The van der Waals surface area contributed by atoms with Crippen LogP contribution in [0.1, 0.15) is 31.9 Å². The van der Waals surface area contributed by atoms with Gasteiger partial charge in [-0.15, -0.1) is 0 Å². The van der Waals surface area contributed by atoms with E-state index in [9.17, 15) is 4.79 Å². The minimum absolute atomic E-state index is 0.377. The summed E-state index contributed by atoms with van der Waals surface area (Å²) in [6, 6.07) is 6.08. The summed E-state index contributed by atoms with van der Waals surface area (Å²) in [5.74, 6) is 0. The normalized spacial score (nSPS) is 9.94. The lowest BCUT2D eigenvalue weighted by atomic mass is 10.0. The average Bonchev–Trinajstić information content (AvgIpc) is 2.29. The number of carbonyl (C=O) groups is 1. The maximum Gasteiger partial charge on any atom is 0.411 e. The van der Waals surface area contributed by atoms with Crippen LogP contribution < -0.4 is 5.32 Å². The van der Waals surface area contributed by atoms with Crippen LogP contribution in [0.3, 0.4) is 0 Å². The van der Waals surface area contributed by atoms with Crippen molar-refractivity contribution in [2.45, 2.75) is 33.6 Å². The van der Waals surface area contributed by atoms with Crippen molar-refractivity contribution in [3.63, 3.8) is 0 Å². The Bertz CT molecular complexity index is 339. The number of hydrogen-bond donors (Lipinski definition) is 1. The highest BCUT2D eigenvalue weighted by Crippen LogP contribution is 2.22. The van der Waals surface area contributed by atoms with Crippen LogP contribution in [0, 0.1) is 0 Å². The summed E-state index contributed by atoms with van der Waals surface area (Å²) < 4.78 is 4.89. The summed E-state index contributed by atoms with van der Waals surface area (Å²) >= 11 is 0. The van der Waals surface area contributed by atoms with E-state index in [0.29, 0.717) is 6.61 Å². The fraction of sp³-hybridized carbons (Fsp3) is 0.462. The first-order valence-electron chi connectivity index (χ1n) is 5.77. The number of anilines is 1. The van der Waals surface area contributed by atoms with Crippen molar-refractivity contribution in [3.05, 3.63) is 29.3 Å². The summed E-state index contributed by atoms with van der Waals surface area (Å²) in [6.07, 6.45) is 1.42.